The molecule has 1 spiro atoms. The maximum atomic E-state index is 13.3. The summed E-state index contributed by atoms with van der Waals surface area (Å²) < 4.78 is 64.2. The molecule has 0 aliphatic carbocycles. The average Bonchev–Trinajstić information content (AvgIpc) is 3.36. The van der Waals surface area contributed by atoms with Crippen molar-refractivity contribution in [1.29, 1.82) is 0 Å². The third-order valence-corrected chi connectivity index (χ3v) is 11.1. The highest BCUT2D eigenvalue weighted by atomic mass is 32.2. The normalized spacial score (nSPS) is 20.1. The first-order chi connectivity index (χ1) is 20.0. The fourth-order valence-electron chi connectivity index (χ4n) is 5.38. The first kappa shape index (κ1) is 30.3. The zero-order chi connectivity index (χ0) is 30.0. The second kappa shape index (κ2) is 12.2. The number of para-hydroxylation sites is 1. The average molecular weight is 619 g/mol. The maximum Gasteiger partial charge on any atom is 0.244 e. The molecule has 42 heavy (non-hydrogen) atoms. The van der Waals surface area contributed by atoms with Gasteiger partial charge in [0, 0.05) is 37.3 Å². The summed E-state index contributed by atoms with van der Waals surface area (Å²) in [5, 5.41) is 14.5. The molecular weight excluding hydrogens is 584 g/mol. The third kappa shape index (κ3) is 6.90. The minimum atomic E-state index is -3.87. The summed E-state index contributed by atoms with van der Waals surface area (Å²) in [4.78, 5) is 15.4. The zero-order valence-corrected chi connectivity index (χ0v) is 24.5. The Morgan fingerprint density at radius 1 is 1.12 bits per heavy atom. The molecule has 226 valence electrons. The number of aliphatic hydroxyl groups excluding tert-OH is 1. The molecule has 0 radical (unpaired) electrons. The van der Waals surface area contributed by atoms with Gasteiger partial charge in [0.1, 0.15) is 29.1 Å². The molecule has 2 aliphatic heterocycles. The topological polar surface area (TPSA) is 178 Å². The van der Waals surface area contributed by atoms with E-state index >= 15 is 0 Å². The van der Waals surface area contributed by atoms with E-state index in [1.165, 1.54) is 28.7 Å². The Labute approximate surface area is 244 Å². The number of aromatic nitrogens is 1. The lowest BCUT2D eigenvalue weighted by Crippen LogP contribution is -2.47. The molecule has 2 aliphatic rings. The Bertz CT molecular complexity index is 1660. The lowest BCUT2D eigenvalue weighted by Gasteiger charge is -2.38. The highest BCUT2D eigenvalue weighted by molar-refractivity contribution is 7.92. The molecule has 2 atom stereocenters. The number of pyridine rings is 1. The first-order valence-electron chi connectivity index (χ1n) is 13.6. The molecule has 12 nitrogen and oxygen atoms in total. The van der Waals surface area contributed by atoms with Crippen molar-refractivity contribution in [2.45, 2.75) is 46.8 Å². The molecule has 0 unspecified atom stereocenters. The number of carbonyl (C=O) groups is 1. The summed E-state index contributed by atoms with van der Waals surface area (Å²) in [6.45, 7) is 1.26. The summed E-state index contributed by atoms with van der Waals surface area (Å²) in [7, 11) is -7.55. The van der Waals surface area contributed by atoms with Gasteiger partial charge in [-0.05, 0) is 49.6 Å². The van der Waals surface area contributed by atoms with E-state index in [0.717, 1.165) is 10.9 Å². The van der Waals surface area contributed by atoms with Crippen molar-refractivity contribution in [3.8, 4) is 5.75 Å². The lowest BCUT2D eigenvalue weighted by atomic mass is 9.88. The van der Waals surface area contributed by atoms with Gasteiger partial charge in [-0.25, -0.2) is 16.8 Å². The molecule has 0 saturated carbocycles. The summed E-state index contributed by atoms with van der Waals surface area (Å²) in [5.74, 6) is -1.51. The van der Waals surface area contributed by atoms with Crippen LogP contribution in [0.2, 0.25) is 0 Å². The number of ether oxygens (including phenoxy) is 2. The van der Waals surface area contributed by atoms with Crippen LogP contribution in [-0.4, -0.2) is 93.5 Å². The summed E-state index contributed by atoms with van der Waals surface area (Å²) in [6.07, 6.45) is 2.34. The van der Waals surface area contributed by atoms with Crippen LogP contribution >= 0.6 is 0 Å². The summed E-state index contributed by atoms with van der Waals surface area (Å²) in [6, 6.07) is 14.7. The van der Waals surface area contributed by atoms with E-state index in [1.54, 1.807) is 12.1 Å². The smallest absolute Gasteiger partial charge is 0.244 e. The number of hydrogen-bond acceptors (Lipinski definition) is 10. The van der Waals surface area contributed by atoms with Crippen molar-refractivity contribution >= 4 is 36.7 Å². The van der Waals surface area contributed by atoms with Crippen LogP contribution in [0.4, 0.5) is 0 Å². The molecular formula is C28H34N4O8S2. The third-order valence-electron chi connectivity index (χ3n) is 7.63. The van der Waals surface area contributed by atoms with Gasteiger partial charge in [0.2, 0.25) is 15.9 Å². The molecule has 5 rings (SSSR count). The van der Waals surface area contributed by atoms with Crippen molar-refractivity contribution in [1.82, 2.24) is 14.6 Å². The molecule has 3 heterocycles. The quantitative estimate of drug-likeness (QED) is 0.279. The van der Waals surface area contributed by atoms with Crippen LogP contribution in [-0.2, 0) is 29.4 Å². The minimum absolute atomic E-state index is 0.0187. The second-order valence-corrected chi connectivity index (χ2v) is 14.7. The number of sulfone groups is 1. The van der Waals surface area contributed by atoms with E-state index in [4.69, 9.17) is 15.2 Å². The monoisotopic (exact) mass is 618 g/mol. The number of primary amides is 1. The van der Waals surface area contributed by atoms with Gasteiger partial charge < -0.3 is 25.6 Å². The molecule has 2 fully saturated rings. The first-order valence-corrected chi connectivity index (χ1v) is 16.7. The fraction of sp³-hybridized carbons (Fsp3) is 0.429. The molecule has 3 aromatic rings. The number of hydrogen-bond donors (Lipinski definition) is 3. The molecule has 0 bridgehead atoms. The minimum Gasteiger partial charge on any atom is -0.491 e. The number of sulfonamides is 1. The Morgan fingerprint density at radius 2 is 1.88 bits per heavy atom. The molecule has 14 heteroatoms. The maximum absolute atomic E-state index is 13.3. The summed E-state index contributed by atoms with van der Waals surface area (Å²) >= 11 is 0. The number of nitrogens with two attached hydrogens (primary N) is 1. The van der Waals surface area contributed by atoms with Crippen LogP contribution in [0.3, 0.4) is 0 Å². The van der Waals surface area contributed by atoms with Crippen molar-refractivity contribution in [2.24, 2.45) is 5.73 Å². The number of amides is 1. The van der Waals surface area contributed by atoms with Gasteiger partial charge in [-0.3, -0.25) is 9.78 Å². The Kier molecular flexibility index (Phi) is 8.83. The highest BCUT2D eigenvalue weighted by Gasteiger charge is 2.44. The molecule has 1 amide bonds. The number of nitrogens with one attached hydrogen (secondary N) is 1. The number of carbonyl (C=O) groups excluding carboxylic acids is 1. The molecule has 1 aromatic heterocycles. The van der Waals surface area contributed by atoms with Gasteiger partial charge >= 0.3 is 0 Å². The van der Waals surface area contributed by atoms with Crippen LogP contribution in [0, 0.1) is 0 Å². The van der Waals surface area contributed by atoms with Crippen molar-refractivity contribution in [3.63, 3.8) is 0 Å². The van der Waals surface area contributed by atoms with Crippen molar-refractivity contribution < 1.29 is 36.2 Å². The number of nitrogens with zero attached hydrogens (tertiary/aromatic N) is 2. The molecule has 2 saturated heterocycles. The van der Waals surface area contributed by atoms with E-state index in [-0.39, 0.29) is 34.7 Å². The Balaban J connectivity index is 1.08. The van der Waals surface area contributed by atoms with E-state index in [1.807, 2.05) is 24.3 Å². The lowest BCUT2D eigenvalue weighted by molar-refractivity contribution is -0.115. The number of aliphatic hydroxyl groups is 1. The number of fused-ring (bicyclic) bond motifs is 1. The van der Waals surface area contributed by atoms with Gasteiger partial charge in [-0.2, -0.15) is 4.31 Å². The van der Waals surface area contributed by atoms with Gasteiger partial charge in [-0.1, -0.05) is 24.3 Å². The van der Waals surface area contributed by atoms with Gasteiger partial charge in [0.15, 0.2) is 9.84 Å². The van der Waals surface area contributed by atoms with E-state index in [9.17, 15) is 26.7 Å². The Morgan fingerprint density at radius 3 is 2.64 bits per heavy atom. The molecule has 2 aromatic carbocycles. The number of rotatable bonds is 11. The Hall–Kier alpha value is -3.14. The number of benzene rings is 2. The predicted molar refractivity (Wildman–Crippen MR) is 154 cm³/mol. The second-order valence-electron chi connectivity index (χ2n) is 10.7. The van der Waals surface area contributed by atoms with Crippen LogP contribution in [0.25, 0.3) is 10.9 Å². The SMILES string of the molecule is NC(=O)CS(=O)(=O)c1cccc(OC[C@@H](O)CN[C@H]2COC3(CCN(S(=O)(=O)c4cnc5ccccc5c4)CC3)C2)c1. The van der Waals surface area contributed by atoms with Gasteiger partial charge in [-0.15, -0.1) is 0 Å². The van der Waals surface area contributed by atoms with Crippen LogP contribution in [0.5, 0.6) is 5.75 Å². The summed E-state index contributed by atoms with van der Waals surface area (Å²) in [5.41, 5.74) is 5.33. The van der Waals surface area contributed by atoms with Crippen LogP contribution in [0.1, 0.15) is 19.3 Å². The highest BCUT2D eigenvalue weighted by Crippen LogP contribution is 2.37. The van der Waals surface area contributed by atoms with E-state index in [2.05, 4.69) is 10.3 Å². The van der Waals surface area contributed by atoms with Gasteiger partial charge in [0.05, 0.1) is 22.6 Å². The van der Waals surface area contributed by atoms with Crippen molar-refractivity contribution in [2.75, 3.05) is 38.6 Å². The number of piperidine rings is 1. The van der Waals surface area contributed by atoms with Gasteiger partial charge in [0.25, 0.3) is 0 Å². The fourth-order valence-corrected chi connectivity index (χ4v) is 7.93. The van der Waals surface area contributed by atoms with E-state index < -0.39 is 43.2 Å². The largest absolute Gasteiger partial charge is 0.491 e. The molecule has 4 N–H and O–H groups in total. The predicted octanol–water partition coefficient (Wildman–Crippen LogP) is 0.836. The van der Waals surface area contributed by atoms with Crippen LogP contribution in [0.15, 0.2) is 70.6 Å². The van der Waals surface area contributed by atoms with Crippen LogP contribution < -0.4 is 15.8 Å². The van der Waals surface area contributed by atoms with E-state index in [0.29, 0.717) is 39.0 Å². The zero-order valence-electron chi connectivity index (χ0n) is 22.9. The van der Waals surface area contributed by atoms with Crippen molar-refractivity contribution in [3.05, 3.63) is 60.8 Å². The standard InChI is InChI=1S/C28H34N4O8S2/c29-27(34)19-41(35,36)24-6-3-5-23(13-24)39-18-22(33)15-30-21-14-28(40-17-21)8-10-32(11-9-28)42(37,38)25-12-20-4-1-2-7-26(20)31-16-25/h1-7,12-13,16,21-22,30,33H,8-11,14-15,17-19H2,(H2,29,34)/t21-,22+/m1/s1.